The highest BCUT2D eigenvalue weighted by Crippen LogP contribution is 2.26. The Hall–Kier alpha value is -0.120. The van der Waals surface area contributed by atoms with Gasteiger partial charge in [-0.25, -0.2) is 0 Å². The van der Waals surface area contributed by atoms with Crippen molar-refractivity contribution in [2.45, 2.75) is 65.6 Å². The Bertz CT molecular complexity index is 237. The molecule has 3 heteroatoms. The second-order valence-electron chi connectivity index (χ2n) is 6.60. The van der Waals surface area contributed by atoms with Gasteiger partial charge in [-0.05, 0) is 18.3 Å². The smallest absolute Gasteiger partial charge is 0.0618 e. The van der Waals surface area contributed by atoms with Crippen molar-refractivity contribution in [2.75, 3.05) is 26.8 Å². The quantitative estimate of drug-likeness (QED) is 0.818. The Morgan fingerprint density at radius 1 is 1.33 bits per heavy atom. The zero-order valence-corrected chi connectivity index (χ0v) is 13.1. The molecule has 0 radical (unpaired) electrons. The van der Waals surface area contributed by atoms with Gasteiger partial charge < -0.3 is 10.1 Å². The average molecular weight is 256 g/mol. The summed E-state index contributed by atoms with van der Waals surface area (Å²) < 4.78 is 5.40. The van der Waals surface area contributed by atoms with Crippen LogP contribution in [-0.2, 0) is 4.74 Å². The van der Waals surface area contributed by atoms with Crippen LogP contribution >= 0.6 is 0 Å². The summed E-state index contributed by atoms with van der Waals surface area (Å²) in [5, 5.41) is 3.73. The molecule has 1 saturated heterocycles. The predicted octanol–water partition coefficient (Wildman–Crippen LogP) is 2.51. The van der Waals surface area contributed by atoms with E-state index in [1.54, 1.807) is 0 Å². The molecule has 3 atom stereocenters. The van der Waals surface area contributed by atoms with E-state index in [0.29, 0.717) is 23.5 Å². The van der Waals surface area contributed by atoms with Gasteiger partial charge in [0.1, 0.15) is 0 Å². The van der Waals surface area contributed by atoms with Crippen LogP contribution in [-0.4, -0.2) is 49.8 Å². The van der Waals surface area contributed by atoms with Crippen molar-refractivity contribution < 1.29 is 4.74 Å². The first-order valence-corrected chi connectivity index (χ1v) is 7.42. The van der Waals surface area contributed by atoms with Crippen LogP contribution in [0.25, 0.3) is 0 Å². The van der Waals surface area contributed by atoms with E-state index in [2.05, 4.69) is 44.8 Å². The van der Waals surface area contributed by atoms with Gasteiger partial charge in [0.2, 0.25) is 0 Å². The van der Waals surface area contributed by atoms with Gasteiger partial charge in [-0.3, -0.25) is 4.90 Å². The molecular formula is C15H32N2O. The molecule has 3 nitrogen and oxygen atoms in total. The fourth-order valence-electron chi connectivity index (χ4n) is 2.87. The highest BCUT2D eigenvalue weighted by molar-refractivity contribution is 4.93. The number of piperazine rings is 1. The summed E-state index contributed by atoms with van der Waals surface area (Å²) in [6.45, 7) is 14.6. The summed E-state index contributed by atoms with van der Waals surface area (Å²) in [5.74, 6) is 0. The maximum Gasteiger partial charge on any atom is 0.0618 e. The largest absolute Gasteiger partial charge is 0.383 e. The molecule has 1 rings (SSSR count). The third kappa shape index (κ3) is 3.94. The molecule has 0 aliphatic carbocycles. The first-order chi connectivity index (χ1) is 8.43. The summed E-state index contributed by atoms with van der Waals surface area (Å²) in [4.78, 5) is 2.68. The lowest BCUT2D eigenvalue weighted by Gasteiger charge is -2.47. The molecule has 0 saturated carbocycles. The standard InChI is InChI=1S/C15H32N2O/c1-7-12-9-16-14(15(3,4)5)10-17(12)13(8-2)11-18-6/h12-14,16H,7-11H2,1-6H3. The van der Waals surface area contributed by atoms with Crippen molar-refractivity contribution in [3.8, 4) is 0 Å². The fourth-order valence-corrected chi connectivity index (χ4v) is 2.87. The first-order valence-electron chi connectivity index (χ1n) is 7.42. The van der Waals surface area contributed by atoms with Gasteiger partial charge in [0, 0.05) is 38.3 Å². The Kier molecular flexibility index (Phi) is 6.09. The van der Waals surface area contributed by atoms with E-state index in [9.17, 15) is 0 Å². The molecule has 1 heterocycles. The second kappa shape index (κ2) is 6.88. The topological polar surface area (TPSA) is 24.5 Å². The molecule has 0 aromatic heterocycles. The van der Waals surface area contributed by atoms with Crippen LogP contribution in [0.15, 0.2) is 0 Å². The van der Waals surface area contributed by atoms with E-state index in [1.807, 2.05) is 7.11 Å². The molecule has 18 heavy (non-hydrogen) atoms. The van der Waals surface area contributed by atoms with Crippen LogP contribution in [0.5, 0.6) is 0 Å². The first kappa shape index (κ1) is 15.9. The van der Waals surface area contributed by atoms with E-state index in [1.165, 1.54) is 12.8 Å². The molecule has 1 fully saturated rings. The van der Waals surface area contributed by atoms with Gasteiger partial charge in [0.25, 0.3) is 0 Å². The molecule has 3 unspecified atom stereocenters. The zero-order valence-electron chi connectivity index (χ0n) is 13.1. The molecule has 0 aromatic rings. The molecule has 1 aliphatic rings. The van der Waals surface area contributed by atoms with Crippen molar-refractivity contribution in [2.24, 2.45) is 5.41 Å². The van der Waals surface area contributed by atoms with Gasteiger partial charge in [-0.2, -0.15) is 0 Å². The number of nitrogens with one attached hydrogen (secondary N) is 1. The van der Waals surface area contributed by atoms with Crippen LogP contribution in [0.3, 0.4) is 0 Å². The third-order valence-corrected chi connectivity index (χ3v) is 4.28. The highest BCUT2D eigenvalue weighted by atomic mass is 16.5. The van der Waals surface area contributed by atoms with Crippen molar-refractivity contribution in [1.82, 2.24) is 10.2 Å². The number of hydrogen-bond acceptors (Lipinski definition) is 3. The molecule has 108 valence electrons. The number of rotatable bonds is 5. The van der Waals surface area contributed by atoms with E-state index < -0.39 is 0 Å². The molecule has 0 spiro atoms. The van der Waals surface area contributed by atoms with E-state index in [4.69, 9.17) is 4.74 Å². The maximum absolute atomic E-state index is 5.40. The summed E-state index contributed by atoms with van der Waals surface area (Å²) >= 11 is 0. The summed E-state index contributed by atoms with van der Waals surface area (Å²) in [7, 11) is 1.81. The van der Waals surface area contributed by atoms with Gasteiger partial charge in [-0.15, -0.1) is 0 Å². The van der Waals surface area contributed by atoms with Crippen LogP contribution in [0.4, 0.5) is 0 Å². The lowest BCUT2D eigenvalue weighted by Crippen LogP contribution is -2.63. The van der Waals surface area contributed by atoms with Gasteiger partial charge in [0.05, 0.1) is 6.61 Å². The van der Waals surface area contributed by atoms with E-state index in [-0.39, 0.29) is 0 Å². The Morgan fingerprint density at radius 3 is 2.44 bits per heavy atom. The summed E-state index contributed by atoms with van der Waals surface area (Å²) in [6, 6.07) is 1.79. The normalized spacial score (nSPS) is 28.3. The molecule has 1 N–H and O–H groups in total. The van der Waals surface area contributed by atoms with Crippen LogP contribution in [0.1, 0.15) is 47.5 Å². The van der Waals surface area contributed by atoms with Gasteiger partial charge >= 0.3 is 0 Å². The minimum absolute atomic E-state index is 0.322. The van der Waals surface area contributed by atoms with Crippen molar-refractivity contribution >= 4 is 0 Å². The number of nitrogens with zero attached hydrogens (tertiary/aromatic N) is 1. The Morgan fingerprint density at radius 2 is 2.00 bits per heavy atom. The Labute approximate surface area is 113 Å². The SMILES string of the molecule is CCC1CNC(C(C)(C)C)CN1C(CC)COC. The summed E-state index contributed by atoms with van der Waals surface area (Å²) in [5.41, 5.74) is 0.322. The lowest BCUT2D eigenvalue weighted by atomic mass is 9.84. The average Bonchev–Trinajstić information content (AvgIpc) is 2.34. The van der Waals surface area contributed by atoms with Crippen LogP contribution in [0.2, 0.25) is 0 Å². The molecule has 0 aromatic carbocycles. The minimum Gasteiger partial charge on any atom is -0.383 e. The number of methoxy groups -OCH3 is 1. The van der Waals surface area contributed by atoms with Crippen molar-refractivity contribution in [3.63, 3.8) is 0 Å². The number of ether oxygens (including phenoxy) is 1. The minimum atomic E-state index is 0.322. The maximum atomic E-state index is 5.40. The zero-order chi connectivity index (χ0) is 13.8. The molecule has 0 amide bonds. The van der Waals surface area contributed by atoms with Crippen LogP contribution < -0.4 is 5.32 Å². The van der Waals surface area contributed by atoms with Gasteiger partial charge in [-0.1, -0.05) is 34.6 Å². The summed E-state index contributed by atoms with van der Waals surface area (Å²) in [6.07, 6.45) is 2.38. The van der Waals surface area contributed by atoms with Gasteiger partial charge in [0.15, 0.2) is 0 Å². The lowest BCUT2D eigenvalue weighted by molar-refractivity contribution is 0.0121. The molecule has 1 aliphatic heterocycles. The van der Waals surface area contributed by atoms with Crippen molar-refractivity contribution in [3.05, 3.63) is 0 Å². The molecular weight excluding hydrogens is 224 g/mol. The van der Waals surface area contributed by atoms with E-state index >= 15 is 0 Å². The predicted molar refractivity (Wildman–Crippen MR) is 78.0 cm³/mol. The van der Waals surface area contributed by atoms with E-state index in [0.717, 1.165) is 19.7 Å². The third-order valence-electron chi connectivity index (χ3n) is 4.28. The van der Waals surface area contributed by atoms with Crippen molar-refractivity contribution in [1.29, 1.82) is 0 Å². The van der Waals surface area contributed by atoms with Crippen LogP contribution in [0, 0.1) is 5.41 Å². The fraction of sp³-hybridized carbons (Fsp3) is 1.00. The Balaban J connectivity index is 2.75. The highest BCUT2D eigenvalue weighted by Gasteiger charge is 2.35. The monoisotopic (exact) mass is 256 g/mol. The molecule has 0 bridgehead atoms. The number of hydrogen-bond donors (Lipinski definition) is 1. The second-order valence-corrected chi connectivity index (χ2v) is 6.60.